The zero-order valence-corrected chi connectivity index (χ0v) is 36.7. The second kappa shape index (κ2) is 20.1. The molecule has 59 heavy (non-hydrogen) atoms. The van der Waals surface area contributed by atoms with Crippen molar-refractivity contribution in [3.05, 3.63) is 243 Å². The third-order valence-corrected chi connectivity index (χ3v) is 26.2. The monoisotopic (exact) mass is 882 g/mol. The van der Waals surface area contributed by atoms with E-state index in [4.69, 9.17) is 23.6 Å². The van der Waals surface area contributed by atoms with Gasteiger partial charge in [0.25, 0.3) is 0 Å². The van der Waals surface area contributed by atoms with Crippen molar-refractivity contribution in [2.75, 3.05) is 0 Å². The van der Waals surface area contributed by atoms with Crippen molar-refractivity contribution in [2.24, 2.45) is 0 Å². The van der Waals surface area contributed by atoms with Crippen LogP contribution in [0.2, 0.25) is 0 Å². The highest BCUT2D eigenvalue weighted by molar-refractivity contribution is 8.30. The molecule has 0 aliphatic rings. The summed E-state index contributed by atoms with van der Waals surface area (Å²) in [5, 5.41) is 7.00. The van der Waals surface area contributed by atoms with Crippen molar-refractivity contribution >= 4 is 93.0 Å². The average molecular weight is 883 g/mol. The van der Waals surface area contributed by atoms with Gasteiger partial charge in [0.2, 0.25) is 14.6 Å². The van der Waals surface area contributed by atoms with Gasteiger partial charge in [-0.05, 0) is 48.5 Å². The van der Waals surface area contributed by atoms with Gasteiger partial charge in [0.05, 0.1) is 12.4 Å². The predicted octanol–water partition coefficient (Wildman–Crippen LogP) is 9.74. The molecule has 0 aliphatic heterocycles. The van der Waals surface area contributed by atoms with Crippen molar-refractivity contribution in [1.82, 2.24) is 9.72 Å². The van der Waals surface area contributed by atoms with Gasteiger partial charge in [-0.2, -0.15) is 0 Å². The predicted molar refractivity (Wildman–Crippen MR) is 265 cm³/mol. The molecule has 8 aromatic carbocycles. The molecule has 2 N–H and O–H groups in total. The van der Waals surface area contributed by atoms with Crippen LogP contribution < -0.4 is 52.2 Å². The zero-order valence-electron chi connectivity index (χ0n) is 31.5. The molecular formula is C49H46N2O2P4S2. The summed E-state index contributed by atoms with van der Waals surface area (Å²) in [5.41, 5.74) is 0. The van der Waals surface area contributed by atoms with E-state index in [1.54, 1.807) is 0 Å². The standard InChI is InChI=1S/C24H21NO2P2.C24H21NP2S2.CH4/c26-28(21-13-5-1-6-14-21,22-15-7-2-8-16-22)25-29(27,23-17-9-3-10-18-23)24-19-11-4-12-20-24;28-26(21-13-5-1-6-14-21,22-15-7-2-8-16-22)25-27(29,23-17-9-3-10-18-23)24-19-11-4-12-20-24;/h1-20H,(H,25,26,27);1-20H,(H,25,28,29);1H4. The van der Waals surface area contributed by atoms with Crippen LogP contribution in [0.25, 0.3) is 0 Å². The normalized spacial score (nSPS) is 11.7. The SMILES string of the molecule is C.O=P(NP(=O)(c1ccccc1)c1ccccc1)(c1ccccc1)c1ccccc1.S=P(NP(=S)(c1ccccc1)c1ccccc1)(c1ccccc1)c1ccccc1. The molecule has 0 unspecified atom stereocenters. The second-order valence-electron chi connectivity index (χ2n) is 13.3. The van der Waals surface area contributed by atoms with Crippen LogP contribution in [0.5, 0.6) is 0 Å². The molecule has 0 radical (unpaired) electrons. The highest BCUT2D eigenvalue weighted by Crippen LogP contribution is 2.54. The molecule has 0 aliphatic carbocycles. The number of hydrogen-bond donors (Lipinski definition) is 2. The topological polar surface area (TPSA) is 58.2 Å². The van der Waals surface area contributed by atoms with Crippen LogP contribution in [-0.2, 0) is 32.7 Å². The quantitative estimate of drug-likeness (QED) is 0.119. The summed E-state index contributed by atoms with van der Waals surface area (Å²) in [6, 6.07) is 78.4. The van der Waals surface area contributed by atoms with Gasteiger partial charge in [0, 0.05) is 42.4 Å². The van der Waals surface area contributed by atoms with Gasteiger partial charge < -0.3 is 0 Å². The van der Waals surface area contributed by atoms with E-state index in [0.29, 0.717) is 21.2 Å². The van der Waals surface area contributed by atoms with Crippen LogP contribution in [0.3, 0.4) is 0 Å². The Hall–Kier alpha value is -4.56. The Bertz CT molecular complexity index is 2160. The van der Waals surface area contributed by atoms with Crippen molar-refractivity contribution in [3.63, 3.8) is 0 Å². The van der Waals surface area contributed by atoms with E-state index in [9.17, 15) is 9.13 Å². The molecule has 0 aromatic heterocycles. The summed E-state index contributed by atoms with van der Waals surface area (Å²) in [7, 11) is -6.78. The minimum atomic E-state index is -3.39. The van der Waals surface area contributed by atoms with Gasteiger partial charge in [-0.15, -0.1) is 0 Å². The van der Waals surface area contributed by atoms with E-state index < -0.39 is 27.0 Å². The van der Waals surface area contributed by atoms with E-state index in [1.807, 2.05) is 146 Å². The molecule has 0 bridgehead atoms. The van der Waals surface area contributed by atoms with Crippen LogP contribution in [0.4, 0.5) is 0 Å². The van der Waals surface area contributed by atoms with Crippen LogP contribution in [0, 0.1) is 0 Å². The Morgan fingerprint density at radius 3 is 0.576 bits per heavy atom. The van der Waals surface area contributed by atoms with Gasteiger partial charge >= 0.3 is 0 Å². The molecular weight excluding hydrogens is 837 g/mol. The Balaban J connectivity index is 0.000000195. The molecule has 8 rings (SSSR count). The zero-order chi connectivity index (χ0) is 40.3. The maximum absolute atomic E-state index is 14.5. The van der Waals surface area contributed by atoms with E-state index in [-0.39, 0.29) is 7.43 Å². The summed E-state index contributed by atoms with van der Waals surface area (Å²) in [4.78, 5) is 7.11. The van der Waals surface area contributed by atoms with Crippen LogP contribution in [0.15, 0.2) is 243 Å². The third kappa shape index (κ3) is 9.91. The van der Waals surface area contributed by atoms with E-state index in [1.165, 1.54) is 0 Å². The van der Waals surface area contributed by atoms with Gasteiger partial charge in [-0.25, -0.2) is 9.72 Å². The summed E-state index contributed by atoms with van der Waals surface area (Å²) in [5.74, 6) is 0. The Kier molecular flexibility index (Phi) is 15.0. The first-order valence-electron chi connectivity index (χ1n) is 18.7. The number of nitrogens with one attached hydrogen (secondary N) is 2. The lowest BCUT2D eigenvalue weighted by atomic mass is 10.4. The van der Waals surface area contributed by atoms with E-state index in [0.717, 1.165) is 21.2 Å². The lowest BCUT2D eigenvalue weighted by Gasteiger charge is -2.33. The summed E-state index contributed by atoms with van der Waals surface area (Å²) >= 11 is 12.9. The first-order chi connectivity index (χ1) is 28.3. The molecule has 0 atom stereocenters. The van der Waals surface area contributed by atoms with Gasteiger partial charge in [-0.1, -0.05) is 225 Å². The van der Waals surface area contributed by atoms with Gasteiger partial charge in [-0.3, -0.25) is 9.13 Å². The van der Waals surface area contributed by atoms with Crippen molar-refractivity contribution in [2.45, 2.75) is 7.43 Å². The summed E-state index contributed by atoms with van der Waals surface area (Å²) in [6.07, 6.45) is -4.70. The van der Waals surface area contributed by atoms with Crippen LogP contribution in [0.1, 0.15) is 7.43 Å². The number of hydrogen-bond acceptors (Lipinski definition) is 4. The van der Waals surface area contributed by atoms with Gasteiger partial charge in [0.1, 0.15) is 0 Å². The molecule has 4 nitrogen and oxygen atoms in total. The molecule has 296 valence electrons. The first-order valence-corrected chi connectivity index (χ1v) is 27.7. The summed E-state index contributed by atoms with van der Waals surface area (Å²) in [6.45, 7) is 0. The molecule has 0 fully saturated rings. The molecule has 0 saturated carbocycles. The fourth-order valence-corrected chi connectivity index (χ4v) is 23.5. The molecule has 0 heterocycles. The maximum atomic E-state index is 14.5. The molecule has 10 heteroatoms. The molecule has 8 aromatic rings. The first kappa shape index (κ1) is 44.0. The highest BCUT2D eigenvalue weighted by Gasteiger charge is 2.38. The van der Waals surface area contributed by atoms with Crippen LogP contribution in [-0.4, -0.2) is 0 Å². The summed E-state index contributed by atoms with van der Waals surface area (Å²) < 4.78 is 29.0. The minimum absolute atomic E-state index is 0. The van der Waals surface area contributed by atoms with E-state index in [2.05, 4.69) is 107 Å². The van der Waals surface area contributed by atoms with E-state index >= 15 is 0 Å². The van der Waals surface area contributed by atoms with Crippen molar-refractivity contribution in [3.8, 4) is 0 Å². The Morgan fingerprint density at radius 2 is 0.407 bits per heavy atom. The molecule has 0 spiro atoms. The molecule has 0 saturated heterocycles. The fourth-order valence-electron chi connectivity index (χ4n) is 6.56. The van der Waals surface area contributed by atoms with Gasteiger partial charge in [0.15, 0.2) is 0 Å². The van der Waals surface area contributed by atoms with Crippen molar-refractivity contribution < 1.29 is 9.13 Å². The molecule has 0 amide bonds. The highest BCUT2D eigenvalue weighted by atomic mass is 32.5. The Labute approximate surface area is 359 Å². The third-order valence-electron chi connectivity index (χ3n) is 9.52. The smallest absolute Gasteiger partial charge is 0.210 e. The second-order valence-corrected chi connectivity index (χ2v) is 27.2. The Morgan fingerprint density at radius 1 is 0.254 bits per heavy atom. The average Bonchev–Trinajstić information content (AvgIpc) is 3.31. The lowest BCUT2D eigenvalue weighted by molar-refractivity contribution is 0.574. The number of rotatable bonds is 12. The maximum Gasteiger partial charge on any atom is 0.210 e. The van der Waals surface area contributed by atoms with Crippen molar-refractivity contribution in [1.29, 1.82) is 0 Å². The lowest BCUT2D eigenvalue weighted by Crippen LogP contribution is -2.32. The van der Waals surface area contributed by atoms with Crippen LogP contribution >= 0.6 is 27.0 Å². The minimum Gasteiger partial charge on any atom is -0.296 e. The number of benzene rings is 8. The largest absolute Gasteiger partial charge is 0.296 e. The fraction of sp³-hybridized carbons (Fsp3) is 0.0204.